The van der Waals surface area contributed by atoms with E-state index in [0.717, 1.165) is 23.8 Å². The summed E-state index contributed by atoms with van der Waals surface area (Å²) in [5, 5.41) is 6.37. The maximum Gasteiger partial charge on any atom is 0.188 e. The minimum absolute atomic E-state index is 0.420. The molecule has 0 spiro atoms. The van der Waals surface area contributed by atoms with E-state index in [0.29, 0.717) is 6.04 Å². The molecule has 0 saturated carbocycles. The minimum Gasteiger partial charge on any atom is -0.310 e. The van der Waals surface area contributed by atoms with Crippen molar-refractivity contribution in [3.05, 3.63) is 29.0 Å². The van der Waals surface area contributed by atoms with Gasteiger partial charge >= 0.3 is 0 Å². The van der Waals surface area contributed by atoms with Crippen molar-refractivity contribution in [2.24, 2.45) is 0 Å². The number of hydrogen-bond donors (Lipinski definition) is 1. The summed E-state index contributed by atoms with van der Waals surface area (Å²) in [6.07, 6.45) is 7.20. The first-order valence-electron chi connectivity index (χ1n) is 6.37. The van der Waals surface area contributed by atoms with Gasteiger partial charge in [0.15, 0.2) is 10.8 Å². The second-order valence-electron chi connectivity index (χ2n) is 4.44. The topological polar surface area (TPSA) is 50.7 Å². The van der Waals surface area contributed by atoms with E-state index in [4.69, 9.17) is 0 Å². The molecule has 1 aliphatic rings. The Morgan fingerprint density at radius 1 is 1.44 bits per heavy atom. The third kappa shape index (κ3) is 2.15. The van der Waals surface area contributed by atoms with Crippen molar-refractivity contribution in [1.29, 1.82) is 0 Å². The number of nitrogens with zero attached hydrogens (tertiary/aromatic N) is 3. The molecule has 2 aromatic rings. The molecule has 2 heterocycles. The Bertz CT molecular complexity index is 524. The second kappa shape index (κ2) is 5.12. The van der Waals surface area contributed by atoms with Crippen LogP contribution in [0.25, 0.3) is 10.8 Å². The molecule has 0 aliphatic heterocycles. The molecule has 0 fully saturated rings. The predicted molar refractivity (Wildman–Crippen MR) is 72.5 cm³/mol. The predicted octanol–water partition coefficient (Wildman–Crippen LogP) is 2.59. The molecule has 1 atom stereocenters. The lowest BCUT2D eigenvalue weighted by molar-refractivity contribution is 0.464. The lowest BCUT2D eigenvalue weighted by atomic mass is 9.92. The Hall–Kier alpha value is -1.33. The van der Waals surface area contributed by atoms with Crippen LogP contribution in [0.15, 0.2) is 17.8 Å². The summed E-state index contributed by atoms with van der Waals surface area (Å²) in [5.41, 5.74) is 2.45. The summed E-state index contributed by atoms with van der Waals surface area (Å²) in [7, 11) is 0. The number of aryl methyl sites for hydroxylation is 1. The molecule has 0 amide bonds. The SMILES string of the molecule is CCNC1CCCc2nc(-c3nccs3)ncc21. The smallest absolute Gasteiger partial charge is 0.188 e. The first-order valence-corrected chi connectivity index (χ1v) is 7.25. The zero-order valence-electron chi connectivity index (χ0n) is 10.4. The van der Waals surface area contributed by atoms with Crippen LogP contribution in [0.4, 0.5) is 0 Å². The van der Waals surface area contributed by atoms with Gasteiger partial charge in [0.1, 0.15) is 0 Å². The molecule has 1 N–H and O–H groups in total. The van der Waals surface area contributed by atoms with Gasteiger partial charge in [0, 0.05) is 35.1 Å². The van der Waals surface area contributed by atoms with Crippen molar-refractivity contribution in [2.45, 2.75) is 32.2 Å². The Morgan fingerprint density at radius 3 is 3.17 bits per heavy atom. The van der Waals surface area contributed by atoms with Gasteiger partial charge < -0.3 is 5.32 Å². The molecule has 94 valence electrons. The van der Waals surface area contributed by atoms with E-state index >= 15 is 0 Å². The van der Waals surface area contributed by atoms with Gasteiger partial charge in [-0.3, -0.25) is 0 Å². The molecule has 1 aliphatic carbocycles. The summed E-state index contributed by atoms with van der Waals surface area (Å²) >= 11 is 1.59. The Balaban J connectivity index is 1.95. The lowest BCUT2D eigenvalue weighted by Crippen LogP contribution is -2.25. The average Bonchev–Trinajstić information content (AvgIpc) is 2.93. The number of aromatic nitrogens is 3. The Labute approximate surface area is 111 Å². The molecule has 4 nitrogen and oxygen atoms in total. The lowest BCUT2D eigenvalue weighted by Gasteiger charge is -2.25. The summed E-state index contributed by atoms with van der Waals surface area (Å²) in [5.74, 6) is 0.765. The third-order valence-electron chi connectivity index (χ3n) is 3.26. The minimum atomic E-state index is 0.420. The van der Waals surface area contributed by atoms with Crippen molar-refractivity contribution in [1.82, 2.24) is 20.3 Å². The van der Waals surface area contributed by atoms with E-state index in [9.17, 15) is 0 Å². The van der Waals surface area contributed by atoms with Gasteiger partial charge in [-0.05, 0) is 25.8 Å². The van der Waals surface area contributed by atoms with Gasteiger partial charge in [0.2, 0.25) is 0 Å². The molecular formula is C13H16N4S. The van der Waals surface area contributed by atoms with Crippen LogP contribution in [0, 0.1) is 0 Å². The average molecular weight is 260 g/mol. The first-order chi connectivity index (χ1) is 8.88. The van der Waals surface area contributed by atoms with Crippen LogP contribution < -0.4 is 5.32 Å². The summed E-state index contributed by atoms with van der Waals surface area (Å²) in [4.78, 5) is 13.4. The molecule has 0 bridgehead atoms. The van der Waals surface area contributed by atoms with Crippen LogP contribution >= 0.6 is 11.3 Å². The number of rotatable bonds is 3. The highest BCUT2D eigenvalue weighted by molar-refractivity contribution is 7.12. The van der Waals surface area contributed by atoms with Crippen molar-refractivity contribution in [3.63, 3.8) is 0 Å². The van der Waals surface area contributed by atoms with E-state index in [1.807, 2.05) is 11.6 Å². The highest BCUT2D eigenvalue weighted by atomic mass is 32.1. The highest BCUT2D eigenvalue weighted by Gasteiger charge is 2.21. The molecule has 1 unspecified atom stereocenters. The zero-order valence-corrected chi connectivity index (χ0v) is 11.2. The van der Waals surface area contributed by atoms with Gasteiger partial charge in [0.25, 0.3) is 0 Å². The summed E-state index contributed by atoms with van der Waals surface area (Å²) in [6.45, 7) is 3.12. The molecule has 0 radical (unpaired) electrons. The summed E-state index contributed by atoms with van der Waals surface area (Å²) in [6, 6.07) is 0.420. The number of hydrogen-bond acceptors (Lipinski definition) is 5. The van der Waals surface area contributed by atoms with Crippen molar-refractivity contribution >= 4 is 11.3 Å². The molecule has 0 aromatic carbocycles. The molecule has 2 aromatic heterocycles. The zero-order chi connectivity index (χ0) is 12.4. The maximum atomic E-state index is 4.69. The van der Waals surface area contributed by atoms with E-state index in [1.54, 1.807) is 17.5 Å². The van der Waals surface area contributed by atoms with Crippen molar-refractivity contribution in [3.8, 4) is 10.8 Å². The van der Waals surface area contributed by atoms with Crippen molar-refractivity contribution < 1.29 is 0 Å². The third-order valence-corrected chi connectivity index (χ3v) is 4.02. The van der Waals surface area contributed by atoms with Crippen LogP contribution in [0.2, 0.25) is 0 Å². The molecule has 18 heavy (non-hydrogen) atoms. The Kier molecular flexibility index (Phi) is 3.34. The van der Waals surface area contributed by atoms with Gasteiger partial charge in [-0.2, -0.15) is 0 Å². The quantitative estimate of drug-likeness (QED) is 0.921. The van der Waals surface area contributed by atoms with E-state index in [2.05, 4.69) is 27.2 Å². The summed E-state index contributed by atoms with van der Waals surface area (Å²) < 4.78 is 0. The van der Waals surface area contributed by atoms with Crippen LogP contribution in [0.3, 0.4) is 0 Å². The molecule has 5 heteroatoms. The van der Waals surface area contributed by atoms with Crippen molar-refractivity contribution in [2.75, 3.05) is 6.54 Å². The van der Waals surface area contributed by atoms with Gasteiger partial charge in [-0.25, -0.2) is 15.0 Å². The number of fused-ring (bicyclic) bond motifs is 1. The van der Waals surface area contributed by atoms with Crippen LogP contribution in [-0.4, -0.2) is 21.5 Å². The fourth-order valence-corrected chi connectivity index (χ4v) is 3.02. The van der Waals surface area contributed by atoms with E-state index in [1.165, 1.54) is 24.1 Å². The number of nitrogens with one attached hydrogen (secondary N) is 1. The van der Waals surface area contributed by atoms with Gasteiger partial charge in [-0.15, -0.1) is 11.3 Å². The standard InChI is InChI=1S/C13H16N4S/c1-2-14-10-4-3-5-11-9(10)8-16-12(17-11)13-15-6-7-18-13/h6-8,10,14H,2-5H2,1H3. The van der Waals surface area contributed by atoms with Crippen LogP contribution in [0.1, 0.15) is 37.1 Å². The number of thiazole rings is 1. The molecule has 3 rings (SSSR count). The van der Waals surface area contributed by atoms with Gasteiger partial charge in [0.05, 0.1) is 0 Å². The highest BCUT2D eigenvalue weighted by Crippen LogP contribution is 2.29. The van der Waals surface area contributed by atoms with E-state index in [-0.39, 0.29) is 0 Å². The maximum absolute atomic E-state index is 4.69. The normalized spacial score (nSPS) is 18.6. The fraction of sp³-hybridized carbons (Fsp3) is 0.462. The second-order valence-corrected chi connectivity index (χ2v) is 5.33. The Morgan fingerprint density at radius 2 is 2.39 bits per heavy atom. The largest absolute Gasteiger partial charge is 0.310 e. The fourth-order valence-electron chi connectivity index (χ4n) is 2.44. The van der Waals surface area contributed by atoms with Gasteiger partial charge in [-0.1, -0.05) is 6.92 Å². The first kappa shape index (κ1) is 11.7. The van der Waals surface area contributed by atoms with Crippen LogP contribution in [0.5, 0.6) is 0 Å². The monoisotopic (exact) mass is 260 g/mol. The van der Waals surface area contributed by atoms with Crippen LogP contribution in [-0.2, 0) is 6.42 Å². The molecule has 0 saturated heterocycles. The molecular weight excluding hydrogens is 244 g/mol. The van der Waals surface area contributed by atoms with E-state index < -0.39 is 0 Å².